The van der Waals surface area contributed by atoms with E-state index < -0.39 is 0 Å². The first-order chi connectivity index (χ1) is 16.5. The zero-order valence-electron chi connectivity index (χ0n) is 18.5. The molecular weight excluding hydrogens is 424 g/mol. The molecule has 34 heavy (non-hydrogen) atoms. The molecule has 2 N–H and O–H groups in total. The van der Waals surface area contributed by atoms with Crippen LogP contribution in [0.2, 0.25) is 0 Å². The van der Waals surface area contributed by atoms with Crippen molar-refractivity contribution in [3.8, 4) is 11.3 Å². The average Bonchev–Trinajstić information content (AvgIpc) is 2.86. The third-order valence-electron chi connectivity index (χ3n) is 5.52. The lowest BCUT2D eigenvalue weighted by atomic mass is 10.1. The fraction of sp³-hybridized carbons (Fsp3) is 0.0345. The van der Waals surface area contributed by atoms with E-state index in [4.69, 9.17) is 4.42 Å². The molecule has 5 rings (SSSR count). The van der Waals surface area contributed by atoms with Crippen LogP contribution in [0.1, 0.15) is 15.9 Å². The van der Waals surface area contributed by atoms with Crippen molar-refractivity contribution in [2.45, 2.75) is 6.92 Å². The summed E-state index contributed by atoms with van der Waals surface area (Å²) in [4.78, 5) is 25.2. The van der Waals surface area contributed by atoms with E-state index in [9.17, 15) is 9.59 Å². The van der Waals surface area contributed by atoms with Crippen LogP contribution in [-0.2, 0) is 0 Å². The number of hydrogen-bond donors (Lipinski definition) is 2. The molecule has 1 amide bonds. The van der Waals surface area contributed by atoms with Crippen LogP contribution in [0.5, 0.6) is 0 Å². The summed E-state index contributed by atoms with van der Waals surface area (Å²) in [6.07, 6.45) is 0. The van der Waals surface area contributed by atoms with E-state index in [0.29, 0.717) is 28.0 Å². The van der Waals surface area contributed by atoms with Crippen molar-refractivity contribution in [2.75, 3.05) is 10.6 Å². The van der Waals surface area contributed by atoms with Gasteiger partial charge in [-0.3, -0.25) is 9.59 Å². The van der Waals surface area contributed by atoms with E-state index in [0.717, 1.165) is 22.5 Å². The summed E-state index contributed by atoms with van der Waals surface area (Å²) in [6.45, 7) is 1.94. The van der Waals surface area contributed by atoms with Crippen LogP contribution in [0.15, 0.2) is 112 Å². The Morgan fingerprint density at radius 1 is 0.735 bits per heavy atom. The van der Waals surface area contributed by atoms with Gasteiger partial charge in [-0.2, -0.15) is 0 Å². The Morgan fingerprint density at radius 2 is 1.41 bits per heavy atom. The van der Waals surface area contributed by atoms with Crippen LogP contribution in [0, 0.1) is 6.92 Å². The quantitative estimate of drug-likeness (QED) is 0.313. The number of carbonyl (C=O) groups excluding carboxylic acids is 1. The first kappa shape index (κ1) is 21.2. The average molecular weight is 447 g/mol. The molecule has 0 spiro atoms. The first-order valence-electron chi connectivity index (χ1n) is 10.9. The molecule has 5 heteroatoms. The number of benzene rings is 4. The topological polar surface area (TPSA) is 71.3 Å². The van der Waals surface area contributed by atoms with E-state index in [1.807, 2.05) is 73.7 Å². The van der Waals surface area contributed by atoms with Gasteiger partial charge in [-0.05, 0) is 67.6 Å². The molecule has 0 saturated heterocycles. The molecule has 166 valence electrons. The second-order valence-electron chi connectivity index (χ2n) is 8.07. The van der Waals surface area contributed by atoms with E-state index in [-0.39, 0.29) is 11.3 Å². The van der Waals surface area contributed by atoms with Gasteiger partial charge in [0.15, 0.2) is 5.43 Å². The second kappa shape index (κ2) is 9.08. The summed E-state index contributed by atoms with van der Waals surface area (Å²) in [5, 5.41) is 6.78. The Labute approximate surface area is 196 Å². The number of nitrogens with one attached hydrogen (secondary N) is 2. The van der Waals surface area contributed by atoms with Gasteiger partial charge < -0.3 is 15.1 Å². The molecule has 5 nitrogen and oxygen atoms in total. The third-order valence-corrected chi connectivity index (χ3v) is 5.52. The lowest BCUT2D eigenvalue weighted by molar-refractivity contribution is 0.102. The molecule has 1 aromatic heterocycles. The molecule has 0 atom stereocenters. The third kappa shape index (κ3) is 4.59. The minimum atomic E-state index is -0.217. The number of aryl methyl sites for hydroxylation is 1. The van der Waals surface area contributed by atoms with Crippen molar-refractivity contribution in [1.82, 2.24) is 0 Å². The molecule has 0 aliphatic carbocycles. The molecule has 0 fully saturated rings. The van der Waals surface area contributed by atoms with Gasteiger partial charge >= 0.3 is 0 Å². The summed E-state index contributed by atoms with van der Waals surface area (Å²) in [7, 11) is 0. The minimum Gasteiger partial charge on any atom is -0.456 e. The van der Waals surface area contributed by atoms with Gasteiger partial charge in [-0.25, -0.2) is 0 Å². The molecule has 4 aromatic carbocycles. The molecule has 0 bridgehead atoms. The van der Waals surface area contributed by atoms with Crippen molar-refractivity contribution in [1.29, 1.82) is 0 Å². The monoisotopic (exact) mass is 446 g/mol. The summed E-state index contributed by atoms with van der Waals surface area (Å²) >= 11 is 0. The second-order valence-corrected chi connectivity index (χ2v) is 8.07. The molecule has 0 unspecified atom stereocenters. The number of carbonyl (C=O) groups is 1. The predicted molar refractivity (Wildman–Crippen MR) is 137 cm³/mol. The Bertz CT molecular complexity index is 1520. The number of rotatable bonds is 5. The van der Waals surface area contributed by atoms with Gasteiger partial charge in [0.2, 0.25) is 0 Å². The molecule has 0 aliphatic rings. The summed E-state index contributed by atoms with van der Waals surface area (Å²) < 4.78 is 5.93. The lowest BCUT2D eigenvalue weighted by Gasteiger charge is -2.09. The minimum absolute atomic E-state index is 0.0908. The number of hydrogen-bond acceptors (Lipinski definition) is 4. The van der Waals surface area contributed by atoms with Gasteiger partial charge in [-0.15, -0.1) is 0 Å². The summed E-state index contributed by atoms with van der Waals surface area (Å²) in [6, 6.07) is 31.4. The Hall–Kier alpha value is -4.64. The highest BCUT2D eigenvalue weighted by Crippen LogP contribution is 2.24. The fourth-order valence-electron chi connectivity index (χ4n) is 3.73. The van der Waals surface area contributed by atoms with E-state index >= 15 is 0 Å². The molecular formula is C29H22N2O3. The number of fused-ring (bicyclic) bond motifs is 1. The zero-order chi connectivity index (χ0) is 23.5. The Morgan fingerprint density at radius 3 is 2.15 bits per heavy atom. The highest BCUT2D eigenvalue weighted by molar-refractivity contribution is 6.04. The molecule has 0 radical (unpaired) electrons. The summed E-state index contributed by atoms with van der Waals surface area (Å²) in [5.74, 6) is 0.251. The maximum absolute atomic E-state index is 12.7. The van der Waals surface area contributed by atoms with Crippen molar-refractivity contribution in [3.05, 3.63) is 124 Å². The van der Waals surface area contributed by atoms with Crippen LogP contribution < -0.4 is 16.1 Å². The number of para-hydroxylation sites is 1. The molecule has 0 aliphatic heterocycles. The zero-order valence-corrected chi connectivity index (χ0v) is 18.5. The van der Waals surface area contributed by atoms with Crippen LogP contribution >= 0.6 is 0 Å². The smallest absolute Gasteiger partial charge is 0.255 e. The fourth-order valence-corrected chi connectivity index (χ4v) is 3.73. The van der Waals surface area contributed by atoms with Crippen LogP contribution in [-0.4, -0.2) is 5.91 Å². The van der Waals surface area contributed by atoms with Crippen LogP contribution in [0.4, 0.5) is 17.1 Å². The summed E-state index contributed by atoms with van der Waals surface area (Å²) in [5.41, 5.74) is 5.32. The number of amides is 1. The maximum Gasteiger partial charge on any atom is 0.255 e. The van der Waals surface area contributed by atoms with Gasteiger partial charge in [0, 0.05) is 34.3 Å². The predicted octanol–water partition coefficient (Wildman–Crippen LogP) is 6.76. The first-order valence-corrected chi connectivity index (χ1v) is 10.9. The van der Waals surface area contributed by atoms with Gasteiger partial charge in [0.1, 0.15) is 11.3 Å². The van der Waals surface area contributed by atoms with E-state index in [2.05, 4.69) is 10.6 Å². The maximum atomic E-state index is 12.7. The van der Waals surface area contributed by atoms with Gasteiger partial charge in [-0.1, -0.05) is 42.0 Å². The molecule has 1 heterocycles. The van der Waals surface area contributed by atoms with E-state index in [1.165, 1.54) is 6.07 Å². The molecule has 5 aromatic rings. The van der Waals surface area contributed by atoms with Gasteiger partial charge in [0.05, 0.1) is 5.39 Å². The van der Waals surface area contributed by atoms with Crippen LogP contribution in [0.3, 0.4) is 0 Å². The standard InChI is InChI=1S/C29H22N2O3/c1-19-7-16-27-25(17-19)26(32)18-28(34-27)20-8-10-21(11-9-20)29(33)31-24-14-12-23(13-15-24)30-22-5-3-2-4-6-22/h2-18,30H,1H3,(H,31,33). The highest BCUT2D eigenvalue weighted by atomic mass is 16.3. The van der Waals surface area contributed by atoms with Crippen molar-refractivity contribution in [2.24, 2.45) is 0 Å². The van der Waals surface area contributed by atoms with Crippen molar-refractivity contribution in [3.63, 3.8) is 0 Å². The van der Waals surface area contributed by atoms with Crippen molar-refractivity contribution < 1.29 is 9.21 Å². The van der Waals surface area contributed by atoms with Crippen molar-refractivity contribution >= 4 is 33.9 Å². The normalized spacial score (nSPS) is 10.7. The Balaban J connectivity index is 1.29. The largest absolute Gasteiger partial charge is 0.456 e. The molecule has 0 saturated carbocycles. The number of anilines is 3. The van der Waals surface area contributed by atoms with Gasteiger partial charge in [0.25, 0.3) is 5.91 Å². The SMILES string of the molecule is Cc1ccc2oc(-c3ccc(C(=O)Nc4ccc(Nc5ccccc5)cc4)cc3)cc(=O)c2c1. The Kier molecular flexibility index (Phi) is 5.67. The highest BCUT2D eigenvalue weighted by Gasteiger charge is 2.10. The van der Waals surface area contributed by atoms with Crippen LogP contribution in [0.25, 0.3) is 22.3 Å². The lowest BCUT2D eigenvalue weighted by Crippen LogP contribution is -2.11. The van der Waals surface area contributed by atoms with E-state index in [1.54, 1.807) is 30.3 Å².